The number of rotatable bonds is 4. The molecule has 0 fully saturated rings. The topological polar surface area (TPSA) is 80.3 Å². The number of methoxy groups -OCH3 is 1. The van der Waals surface area contributed by atoms with Gasteiger partial charge >= 0.3 is 12.3 Å². The maximum absolute atomic E-state index is 12.7. The molecule has 1 heterocycles. The van der Waals surface area contributed by atoms with Crippen molar-refractivity contribution in [1.29, 1.82) is 0 Å². The highest BCUT2D eigenvalue weighted by Crippen LogP contribution is 2.30. The number of anilines is 1. The minimum Gasteiger partial charge on any atom is -0.453 e. The van der Waals surface area contributed by atoms with E-state index in [2.05, 4.69) is 20.4 Å². The van der Waals surface area contributed by atoms with Gasteiger partial charge in [0.25, 0.3) is 5.91 Å². The number of nitrogens with one attached hydrogen (secondary N) is 2. The van der Waals surface area contributed by atoms with Gasteiger partial charge < -0.3 is 15.4 Å². The van der Waals surface area contributed by atoms with Crippen LogP contribution in [0.5, 0.6) is 0 Å². The standard InChI is InChI=1S/C16H14F3N3O3/c1-25-15(24)21-9-13-7-10(5-6-20-13)14(23)22-12-4-2-3-11(8-12)16(17,18)19/h2-8H,9H2,1H3,(H,21,24)(H,22,23). The first kappa shape index (κ1) is 18.2. The molecule has 2 amide bonds. The van der Waals surface area contributed by atoms with E-state index in [9.17, 15) is 22.8 Å². The molecule has 0 radical (unpaired) electrons. The number of alkyl carbamates (subject to hydrolysis) is 1. The number of hydrogen-bond donors (Lipinski definition) is 2. The molecule has 0 atom stereocenters. The predicted molar refractivity (Wildman–Crippen MR) is 82.9 cm³/mol. The lowest BCUT2D eigenvalue weighted by Gasteiger charge is -2.10. The van der Waals surface area contributed by atoms with E-state index in [1.165, 1.54) is 37.6 Å². The minimum atomic E-state index is -4.50. The van der Waals surface area contributed by atoms with Gasteiger partial charge in [0.05, 0.1) is 24.9 Å². The first-order valence-corrected chi connectivity index (χ1v) is 7.05. The third-order valence-electron chi connectivity index (χ3n) is 3.13. The number of aromatic nitrogens is 1. The maximum Gasteiger partial charge on any atom is 0.416 e. The van der Waals surface area contributed by atoms with Crippen molar-refractivity contribution in [2.45, 2.75) is 12.7 Å². The Kier molecular flexibility index (Phi) is 5.58. The highest BCUT2D eigenvalue weighted by Gasteiger charge is 2.30. The Balaban J connectivity index is 2.10. The Bertz CT molecular complexity index is 778. The number of amides is 2. The van der Waals surface area contributed by atoms with E-state index in [0.717, 1.165) is 12.1 Å². The fourth-order valence-corrected chi connectivity index (χ4v) is 1.93. The SMILES string of the molecule is COC(=O)NCc1cc(C(=O)Nc2cccc(C(F)(F)F)c2)ccn1. The molecule has 2 N–H and O–H groups in total. The largest absolute Gasteiger partial charge is 0.453 e. The summed E-state index contributed by atoms with van der Waals surface area (Å²) in [5.41, 5.74) is -0.259. The van der Waals surface area contributed by atoms with Gasteiger partial charge in [-0.25, -0.2) is 4.79 Å². The molecule has 0 bridgehead atoms. The number of hydrogen-bond acceptors (Lipinski definition) is 4. The van der Waals surface area contributed by atoms with Gasteiger partial charge in [-0.1, -0.05) is 6.07 Å². The number of halogens is 3. The zero-order valence-corrected chi connectivity index (χ0v) is 13.1. The Morgan fingerprint density at radius 1 is 1.20 bits per heavy atom. The molecule has 25 heavy (non-hydrogen) atoms. The summed E-state index contributed by atoms with van der Waals surface area (Å²) >= 11 is 0. The Labute approximate surface area is 141 Å². The number of carbonyl (C=O) groups is 2. The summed E-state index contributed by atoms with van der Waals surface area (Å²) in [6, 6.07) is 7.14. The fourth-order valence-electron chi connectivity index (χ4n) is 1.93. The molecule has 0 unspecified atom stereocenters. The minimum absolute atomic E-state index is 0.0193. The first-order valence-electron chi connectivity index (χ1n) is 7.05. The van der Waals surface area contributed by atoms with Crippen molar-refractivity contribution < 1.29 is 27.5 Å². The molecular weight excluding hydrogens is 339 g/mol. The average Bonchev–Trinajstić information content (AvgIpc) is 2.59. The van der Waals surface area contributed by atoms with E-state index in [1.54, 1.807) is 0 Å². The molecule has 1 aromatic carbocycles. The van der Waals surface area contributed by atoms with Crippen LogP contribution in [0.25, 0.3) is 0 Å². The summed E-state index contributed by atoms with van der Waals surface area (Å²) < 4.78 is 42.5. The summed E-state index contributed by atoms with van der Waals surface area (Å²) in [6.07, 6.45) is -3.79. The molecule has 6 nitrogen and oxygen atoms in total. The highest BCUT2D eigenvalue weighted by molar-refractivity contribution is 6.04. The van der Waals surface area contributed by atoms with Crippen LogP contribution < -0.4 is 10.6 Å². The van der Waals surface area contributed by atoms with Crippen LogP contribution in [0.3, 0.4) is 0 Å². The average molecular weight is 353 g/mol. The lowest BCUT2D eigenvalue weighted by molar-refractivity contribution is -0.137. The second kappa shape index (κ2) is 7.65. The number of pyridine rings is 1. The third-order valence-corrected chi connectivity index (χ3v) is 3.13. The van der Waals surface area contributed by atoms with Crippen LogP contribution >= 0.6 is 0 Å². The van der Waals surface area contributed by atoms with Crippen molar-refractivity contribution >= 4 is 17.7 Å². The third kappa shape index (κ3) is 5.20. The molecule has 0 aliphatic heterocycles. The van der Waals surface area contributed by atoms with Crippen LogP contribution in [-0.4, -0.2) is 24.1 Å². The molecule has 0 saturated heterocycles. The number of benzene rings is 1. The molecule has 9 heteroatoms. The summed E-state index contributed by atoms with van der Waals surface area (Å²) in [7, 11) is 1.21. The van der Waals surface area contributed by atoms with E-state index >= 15 is 0 Å². The van der Waals surface area contributed by atoms with Crippen LogP contribution in [0, 0.1) is 0 Å². The van der Waals surface area contributed by atoms with Crippen molar-refractivity contribution in [2.75, 3.05) is 12.4 Å². The molecule has 0 saturated carbocycles. The molecule has 2 aromatic rings. The van der Waals surface area contributed by atoms with Crippen molar-refractivity contribution in [3.63, 3.8) is 0 Å². The van der Waals surface area contributed by atoms with E-state index in [4.69, 9.17) is 0 Å². The number of ether oxygens (including phenoxy) is 1. The first-order chi connectivity index (χ1) is 11.8. The van der Waals surface area contributed by atoms with Crippen molar-refractivity contribution in [1.82, 2.24) is 10.3 Å². The van der Waals surface area contributed by atoms with Crippen LogP contribution in [0.2, 0.25) is 0 Å². The van der Waals surface area contributed by atoms with Gasteiger partial charge in [0.1, 0.15) is 0 Å². The van der Waals surface area contributed by atoms with Crippen LogP contribution in [0.4, 0.5) is 23.7 Å². The zero-order valence-electron chi connectivity index (χ0n) is 13.1. The van der Waals surface area contributed by atoms with Crippen molar-refractivity contribution in [3.8, 4) is 0 Å². The van der Waals surface area contributed by atoms with Gasteiger partial charge in [-0.05, 0) is 30.3 Å². The van der Waals surface area contributed by atoms with E-state index in [1.807, 2.05) is 0 Å². The van der Waals surface area contributed by atoms with Gasteiger partial charge in [-0.2, -0.15) is 13.2 Å². The lowest BCUT2D eigenvalue weighted by Crippen LogP contribution is -2.23. The van der Waals surface area contributed by atoms with Crippen molar-refractivity contribution in [2.24, 2.45) is 0 Å². The number of alkyl halides is 3. The molecular formula is C16H14F3N3O3. The zero-order chi connectivity index (χ0) is 18.4. The summed E-state index contributed by atoms with van der Waals surface area (Å²) in [5, 5.41) is 4.80. The van der Waals surface area contributed by atoms with Crippen LogP contribution in [0.1, 0.15) is 21.6 Å². The molecule has 0 aliphatic rings. The fraction of sp³-hybridized carbons (Fsp3) is 0.188. The second-order valence-corrected chi connectivity index (χ2v) is 4.91. The maximum atomic E-state index is 12.7. The van der Waals surface area contributed by atoms with E-state index in [0.29, 0.717) is 5.69 Å². The van der Waals surface area contributed by atoms with Gasteiger partial charge in [0, 0.05) is 17.4 Å². The van der Waals surface area contributed by atoms with E-state index in [-0.39, 0.29) is 17.8 Å². The summed E-state index contributed by atoms with van der Waals surface area (Å²) in [4.78, 5) is 27.2. The highest BCUT2D eigenvalue weighted by atomic mass is 19.4. The Morgan fingerprint density at radius 3 is 2.64 bits per heavy atom. The number of carbonyl (C=O) groups excluding carboxylic acids is 2. The quantitative estimate of drug-likeness (QED) is 0.885. The van der Waals surface area contributed by atoms with Crippen LogP contribution in [-0.2, 0) is 17.5 Å². The normalized spacial score (nSPS) is 10.9. The van der Waals surface area contributed by atoms with Gasteiger partial charge in [0.15, 0.2) is 0 Å². The molecule has 132 valence electrons. The van der Waals surface area contributed by atoms with Gasteiger partial charge in [-0.3, -0.25) is 9.78 Å². The summed E-state index contributed by atoms with van der Waals surface area (Å²) in [5.74, 6) is -0.596. The second-order valence-electron chi connectivity index (χ2n) is 4.91. The monoisotopic (exact) mass is 353 g/mol. The predicted octanol–water partition coefficient (Wildman–Crippen LogP) is 3.21. The van der Waals surface area contributed by atoms with Crippen LogP contribution in [0.15, 0.2) is 42.6 Å². The molecule has 0 spiro atoms. The van der Waals surface area contributed by atoms with Gasteiger partial charge in [-0.15, -0.1) is 0 Å². The molecule has 2 rings (SSSR count). The Hall–Kier alpha value is -3.10. The van der Waals surface area contributed by atoms with Crippen molar-refractivity contribution in [3.05, 3.63) is 59.4 Å². The molecule has 1 aromatic heterocycles. The van der Waals surface area contributed by atoms with Gasteiger partial charge in [0.2, 0.25) is 0 Å². The summed E-state index contributed by atoms with van der Waals surface area (Å²) in [6.45, 7) is 0.0390. The number of nitrogens with zero attached hydrogens (tertiary/aromatic N) is 1. The lowest BCUT2D eigenvalue weighted by atomic mass is 10.1. The van der Waals surface area contributed by atoms with E-state index < -0.39 is 23.7 Å². The Morgan fingerprint density at radius 2 is 1.96 bits per heavy atom. The molecule has 0 aliphatic carbocycles. The smallest absolute Gasteiger partial charge is 0.416 e.